The molecule has 1 aromatic heterocycles. The second-order valence-electron chi connectivity index (χ2n) is 3.22. The summed E-state index contributed by atoms with van der Waals surface area (Å²) in [7, 11) is 0. The van der Waals surface area contributed by atoms with Gasteiger partial charge in [-0.15, -0.1) is 0 Å². The molecule has 0 aliphatic heterocycles. The van der Waals surface area contributed by atoms with Gasteiger partial charge in [0.1, 0.15) is 5.75 Å². The Bertz CT molecular complexity index is 540. The first-order chi connectivity index (χ1) is 8.15. The Hall–Kier alpha value is -1.88. The van der Waals surface area contributed by atoms with Gasteiger partial charge in [0.2, 0.25) is 5.88 Å². The average molecular weight is 294 g/mol. The third kappa shape index (κ3) is 3.04. The molecule has 1 aromatic carbocycles. The lowest BCUT2D eigenvalue weighted by atomic mass is 10.3. The largest absolute Gasteiger partial charge is 0.477 e. The van der Waals surface area contributed by atoms with Crippen LogP contribution in [0.15, 0.2) is 46.9 Å². The maximum absolute atomic E-state index is 10.7. The normalized spacial score (nSPS) is 9.94. The molecule has 0 aliphatic rings. The van der Waals surface area contributed by atoms with Crippen molar-refractivity contribution in [3.05, 3.63) is 52.6 Å². The first-order valence-corrected chi connectivity index (χ1v) is 5.58. The molecule has 4 nitrogen and oxygen atoms in total. The van der Waals surface area contributed by atoms with Crippen LogP contribution in [0.5, 0.6) is 11.6 Å². The van der Waals surface area contributed by atoms with Crippen molar-refractivity contribution in [1.29, 1.82) is 0 Å². The van der Waals surface area contributed by atoms with E-state index in [1.54, 1.807) is 24.3 Å². The molecule has 0 saturated heterocycles. The number of carboxylic acid groups (broad SMARTS) is 1. The predicted molar refractivity (Wildman–Crippen MR) is 65.4 cm³/mol. The summed E-state index contributed by atoms with van der Waals surface area (Å²) >= 11 is 3.31. The zero-order chi connectivity index (χ0) is 12.3. The van der Waals surface area contributed by atoms with E-state index in [9.17, 15) is 4.79 Å². The number of carboxylic acids is 1. The molecular weight excluding hydrogens is 286 g/mol. The van der Waals surface area contributed by atoms with Crippen LogP contribution < -0.4 is 4.74 Å². The predicted octanol–water partition coefficient (Wildman–Crippen LogP) is 3.33. The van der Waals surface area contributed by atoms with Crippen molar-refractivity contribution < 1.29 is 14.6 Å². The molecule has 0 bridgehead atoms. The number of nitrogens with zero attached hydrogens (tertiary/aromatic N) is 1. The van der Waals surface area contributed by atoms with Crippen molar-refractivity contribution in [1.82, 2.24) is 4.98 Å². The van der Waals surface area contributed by atoms with Crippen LogP contribution in [0.1, 0.15) is 10.5 Å². The Balaban J connectivity index is 2.21. The van der Waals surface area contributed by atoms with Crippen LogP contribution in [0.2, 0.25) is 0 Å². The monoisotopic (exact) mass is 293 g/mol. The average Bonchev–Trinajstić information content (AvgIpc) is 2.32. The number of benzene rings is 1. The summed E-state index contributed by atoms with van der Waals surface area (Å²) in [5.41, 5.74) is -0.0420. The fourth-order valence-electron chi connectivity index (χ4n) is 1.21. The summed E-state index contributed by atoms with van der Waals surface area (Å²) in [6, 6.07) is 11.8. The molecule has 0 atom stereocenters. The second kappa shape index (κ2) is 4.97. The molecule has 1 heterocycles. The van der Waals surface area contributed by atoms with Crippen LogP contribution in [0.4, 0.5) is 0 Å². The van der Waals surface area contributed by atoms with Crippen LogP contribution in [0, 0.1) is 0 Å². The van der Waals surface area contributed by atoms with Crippen molar-refractivity contribution in [3.8, 4) is 11.6 Å². The van der Waals surface area contributed by atoms with E-state index >= 15 is 0 Å². The minimum atomic E-state index is -1.08. The van der Waals surface area contributed by atoms with Crippen LogP contribution in [-0.4, -0.2) is 16.1 Å². The number of carbonyl (C=O) groups is 1. The Kier molecular flexibility index (Phi) is 3.39. The van der Waals surface area contributed by atoms with Gasteiger partial charge in [-0.05, 0) is 30.3 Å². The van der Waals surface area contributed by atoms with Gasteiger partial charge in [-0.1, -0.05) is 22.0 Å². The smallest absolute Gasteiger partial charge is 0.354 e. The molecule has 2 aromatic rings. The highest BCUT2D eigenvalue weighted by Gasteiger charge is 2.06. The van der Waals surface area contributed by atoms with Crippen molar-refractivity contribution in [2.75, 3.05) is 0 Å². The van der Waals surface area contributed by atoms with Gasteiger partial charge < -0.3 is 9.84 Å². The number of hydrogen-bond donors (Lipinski definition) is 1. The van der Waals surface area contributed by atoms with E-state index in [2.05, 4.69) is 20.9 Å². The van der Waals surface area contributed by atoms with E-state index in [1.807, 2.05) is 12.1 Å². The van der Waals surface area contributed by atoms with Crippen LogP contribution in [0.3, 0.4) is 0 Å². The maximum Gasteiger partial charge on any atom is 0.354 e. The molecule has 1 N–H and O–H groups in total. The third-order valence-corrected chi connectivity index (χ3v) is 2.51. The molecule has 0 fully saturated rings. The van der Waals surface area contributed by atoms with Gasteiger partial charge in [0.05, 0.1) is 0 Å². The molecule has 0 amide bonds. The molecule has 86 valence electrons. The zero-order valence-corrected chi connectivity index (χ0v) is 10.2. The summed E-state index contributed by atoms with van der Waals surface area (Å²) in [5, 5.41) is 8.79. The molecule has 2 rings (SSSR count). The van der Waals surface area contributed by atoms with Crippen LogP contribution in [-0.2, 0) is 0 Å². The Morgan fingerprint density at radius 1 is 1.18 bits per heavy atom. The molecule has 17 heavy (non-hydrogen) atoms. The van der Waals surface area contributed by atoms with Crippen molar-refractivity contribution in [3.63, 3.8) is 0 Å². The molecule has 0 unspecified atom stereocenters. The first-order valence-electron chi connectivity index (χ1n) is 4.79. The Morgan fingerprint density at radius 2 is 1.88 bits per heavy atom. The highest BCUT2D eigenvalue weighted by molar-refractivity contribution is 9.10. The Labute approximate surface area is 106 Å². The van der Waals surface area contributed by atoms with Crippen LogP contribution in [0.25, 0.3) is 0 Å². The van der Waals surface area contributed by atoms with E-state index in [-0.39, 0.29) is 11.6 Å². The number of aromatic nitrogens is 1. The maximum atomic E-state index is 10.7. The van der Waals surface area contributed by atoms with Crippen molar-refractivity contribution >= 4 is 21.9 Å². The van der Waals surface area contributed by atoms with Crippen LogP contribution >= 0.6 is 15.9 Å². The van der Waals surface area contributed by atoms with Gasteiger partial charge >= 0.3 is 5.97 Å². The lowest BCUT2D eigenvalue weighted by Gasteiger charge is -2.04. The quantitative estimate of drug-likeness (QED) is 0.943. The topological polar surface area (TPSA) is 59.4 Å². The van der Waals surface area contributed by atoms with E-state index in [0.717, 1.165) is 4.47 Å². The van der Waals surface area contributed by atoms with E-state index < -0.39 is 5.97 Å². The van der Waals surface area contributed by atoms with Gasteiger partial charge in [0.15, 0.2) is 5.69 Å². The highest BCUT2D eigenvalue weighted by Crippen LogP contribution is 2.21. The van der Waals surface area contributed by atoms with Gasteiger partial charge in [0, 0.05) is 10.5 Å². The molecule has 0 aliphatic carbocycles. The summed E-state index contributed by atoms with van der Waals surface area (Å²) in [6.07, 6.45) is 0. The minimum absolute atomic E-state index is 0.0420. The molecule has 0 saturated carbocycles. The highest BCUT2D eigenvalue weighted by atomic mass is 79.9. The van der Waals surface area contributed by atoms with Gasteiger partial charge in [0.25, 0.3) is 0 Å². The summed E-state index contributed by atoms with van der Waals surface area (Å²) in [6.45, 7) is 0. The number of rotatable bonds is 3. The lowest BCUT2D eigenvalue weighted by Crippen LogP contribution is -2.00. The zero-order valence-electron chi connectivity index (χ0n) is 8.63. The summed E-state index contributed by atoms with van der Waals surface area (Å²) in [4.78, 5) is 14.6. The molecule has 0 spiro atoms. The Morgan fingerprint density at radius 3 is 2.53 bits per heavy atom. The number of ether oxygens (including phenoxy) is 1. The number of pyridine rings is 1. The van der Waals surface area contributed by atoms with Crippen molar-refractivity contribution in [2.24, 2.45) is 0 Å². The molecule has 0 radical (unpaired) electrons. The summed E-state index contributed by atoms with van der Waals surface area (Å²) < 4.78 is 6.37. The minimum Gasteiger partial charge on any atom is -0.477 e. The SMILES string of the molecule is O=C(O)c1cccc(Oc2ccc(Br)cc2)n1. The second-order valence-corrected chi connectivity index (χ2v) is 4.14. The van der Waals surface area contributed by atoms with Gasteiger partial charge in [-0.25, -0.2) is 9.78 Å². The number of aromatic carboxylic acids is 1. The number of hydrogen-bond acceptors (Lipinski definition) is 3. The standard InChI is InChI=1S/C12H8BrNO3/c13-8-4-6-9(7-5-8)17-11-3-1-2-10(14-11)12(15)16/h1-7H,(H,15,16). The fourth-order valence-corrected chi connectivity index (χ4v) is 1.48. The van der Waals surface area contributed by atoms with Crippen molar-refractivity contribution in [2.45, 2.75) is 0 Å². The third-order valence-electron chi connectivity index (χ3n) is 1.98. The lowest BCUT2D eigenvalue weighted by molar-refractivity contribution is 0.0689. The fraction of sp³-hybridized carbons (Fsp3) is 0. The van der Waals surface area contributed by atoms with Gasteiger partial charge in [-0.3, -0.25) is 0 Å². The van der Waals surface area contributed by atoms with E-state index in [0.29, 0.717) is 5.75 Å². The van der Waals surface area contributed by atoms with Gasteiger partial charge in [-0.2, -0.15) is 0 Å². The molecule has 5 heteroatoms. The molecular formula is C12H8BrNO3. The summed E-state index contributed by atoms with van der Waals surface area (Å²) in [5.74, 6) is -0.221. The first kappa shape index (κ1) is 11.6. The van der Waals surface area contributed by atoms with E-state index in [1.165, 1.54) is 6.07 Å². The van der Waals surface area contributed by atoms with E-state index in [4.69, 9.17) is 9.84 Å². The number of halogens is 1.